The lowest BCUT2D eigenvalue weighted by Crippen LogP contribution is -2.22. The average Bonchev–Trinajstić information content (AvgIpc) is 2.63. The van der Waals surface area contributed by atoms with E-state index in [9.17, 15) is 0 Å². The van der Waals surface area contributed by atoms with Crippen LogP contribution in [-0.2, 0) is 0 Å². The molecule has 4 heteroatoms. The summed E-state index contributed by atoms with van der Waals surface area (Å²) in [6.45, 7) is 9.11. The zero-order chi connectivity index (χ0) is 11.5. The molecule has 0 amide bonds. The van der Waals surface area contributed by atoms with Crippen LogP contribution in [0.25, 0.3) is 0 Å². The number of hydrogen-bond donors (Lipinski definition) is 1. The molecule has 3 nitrogen and oxygen atoms in total. The molecule has 0 bridgehead atoms. The van der Waals surface area contributed by atoms with Crippen LogP contribution >= 0.6 is 12.6 Å². The van der Waals surface area contributed by atoms with Gasteiger partial charge >= 0.3 is 0 Å². The van der Waals surface area contributed by atoms with Crippen LogP contribution in [0.15, 0.2) is 12.4 Å². The Morgan fingerprint density at radius 3 is 2.67 bits per heavy atom. The summed E-state index contributed by atoms with van der Waals surface area (Å²) in [5.74, 6) is 1.64. The van der Waals surface area contributed by atoms with Crippen LogP contribution in [0.4, 0.5) is 0 Å². The summed E-state index contributed by atoms with van der Waals surface area (Å²) in [6, 6.07) is 0.375. The molecule has 1 heterocycles. The second-order valence-electron chi connectivity index (χ2n) is 4.86. The Hall–Kier alpha value is -0.640. The van der Waals surface area contributed by atoms with Gasteiger partial charge in [-0.3, -0.25) is 4.68 Å². The summed E-state index contributed by atoms with van der Waals surface area (Å²) in [5, 5.41) is 4.21. The molecule has 15 heavy (non-hydrogen) atoms. The zero-order valence-electron chi connectivity index (χ0n) is 9.90. The number of aromatic nitrogens is 2. The molecule has 0 aliphatic rings. The second kappa shape index (κ2) is 4.92. The van der Waals surface area contributed by atoms with Crippen molar-refractivity contribution in [3.63, 3.8) is 0 Å². The van der Waals surface area contributed by atoms with Crippen LogP contribution < -0.4 is 4.74 Å². The molecule has 0 N–H and O–H groups in total. The number of nitrogens with zero attached hydrogens (tertiary/aromatic N) is 2. The van der Waals surface area contributed by atoms with Crippen LogP contribution in [-0.4, -0.2) is 22.1 Å². The maximum absolute atomic E-state index is 5.66. The Labute approximate surface area is 97.2 Å². The lowest BCUT2D eigenvalue weighted by atomic mass is 9.98. The van der Waals surface area contributed by atoms with Gasteiger partial charge in [0.05, 0.1) is 19.0 Å². The first-order valence-corrected chi connectivity index (χ1v) is 5.86. The van der Waals surface area contributed by atoms with E-state index < -0.39 is 0 Å². The van der Waals surface area contributed by atoms with E-state index in [-0.39, 0.29) is 5.41 Å². The molecule has 0 unspecified atom stereocenters. The topological polar surface area (TPSA) is 27.1 Å². The fraction of sp³-hybridized carbons (Fsp3) is 0.727. The van der Waals surface area contributed by atoms with Crippen LogP contribution in [0.2, 0.25) is 0 Å². The van der Waals surface area contributed by atoms with Crippen molar-refractivity contribution in [3.8, 4) is 5.75 Å². The molecule has 1 aromatic heterocycles. The Bertz CT molecular complexity index is 307. The normalized spacial score (nSPS) is 12.1. The van der Waals surface area contributed by atoms with Gasteiger partial charge in [0.25, 0.3) is 0 Å². The average molecular weight is 228 g/mol. The van der Waals surface area contributed by atoms with Crippen molar-refractivity contribution >= 4 is 12.6 Å². The Morgan fingerprint density at radius 2 is 2.20 bits per heavy atom. The molecule has 0 aliphatic heterocycles. The maximum atomic E-state index is 5.66. The van der Waals surface area contributed by atoms with Crippen molar-refractivity contribution in [2.24, 2.45) is 5.41 Å². The second-order valence-corrected chi connectivity index (χ2v) is 5.18. The van der Waals surface area contributed by atoms with Crippen LogP contribution in [0, 0.1) is 5.41 Å². The molecule has 86 valence electrons. The van der Waals surface area contributed by atoms with Gasteiger partial charge < -0.3 is 4.74 Å². The molecule has 1 rings (SSSR count). The minimum absolute atomic E-state index is 0.100. The molecule has 0 fully saturated rings. The van der Waals surface area contributed by atoms with E-state index in [2.05, 4.69) is 45.4 Å². The SMILES string of the molecule is CC(C)n1cc(OCC(C)(C)CS)cn1. The number of thiol groups is 1. The molecule has 0 aromatic carbocycles. The molecule has 0 aliphatic carbocycles. The maximum Gasteiger partial charge on any atom is 0.157 e. The van der Waals surface area contributed by atoms with E-state index in [1.807, 2.05) is 10.9 Å². The number of hydrogen-bond acceptors (Lipinski definition) is 3. The van der Waals surface area contributed by atoms with Gasteiger partial charge in [0, 0.05) is 11.5 Å². The van der Waals surface area contributed by atoms with Crippen LogP contribution in [0.3, 0.4) is 0 Å². The van der Waals surface area contributed by atoms with Crippen molar-refractivity contribution in [3.05, 3.63) is 12.4 Å². The van der Waals surface area contributed by atoms with Crippen LogP contribution in [0.1, 0.15) is 33.7 Å². The quantitative estimate of drug-likeness (QED) is 0.785. The van der Waals surface area contributed by atoms with E-state index in [0.717, 1.165) is 11.5 Å². The van der Waals surface area contributed by atoms with E-state index in [4.69, 9.17) is 4.74 Å². The van der Waals surface area contributed by atoms with Crippen LogP contribution in [0.5, 0.6) is 5.75 Å². The highest BCUT2D eigenvalue weighted by molar-refractivity contribution is 7.80. The summed E-state index contributed by atoms with van der Waals surface area (Å²) < 4.78 is 7.55. The minimum atomic E-state index is 0.100. The molecule has 0 saturated heterocycles. The van der Waals surface area contributed by atoms with Crippen molar-refractivity contribution in [1.29, 1.82) is 0 Å². The lowest BCUT2D eigenvalue weighted by molar-refractivity contribution is 0.202. The number of rotatable bonds is 5. The van der Waals surface area contributed by atoms with Crippen molar-refractivity contribution in [2.45, 2.75) is 33.7 Å². The smallest absolute Gasteiger partial charge is 0.157 e. The summed E-state index contributed by atoms with van der Waals surface area (Å²) in [6.07, 6.45) is 3.69. The Kier molecular flexibility index (Phi) is 4.08. The lowest BCUT2D eigenvalue weighted by Gasteiger charge is -2.21. The van der Waals surface area contributed by atoms with E-state index in [1.165, 1.54) is 0 Å². The molecule has 0 atom stereocenters. The van der Waals surface area contributed by atoms with Crippen molar-refractivity contribution in [2.75, 3.05) is 12.4 Å². The Morgan fingerprint density at radius 1 is 1.53 bits per heavy atom. The van der Waals surface area contributed by atoms with E-state index in [1.54, 1.807) is 6.20 Å². The molecular formula is C11H20N2OS. The van der Waals surface area contributed by atoms with Gasteiger partial charge in [-0.15, -0.1) is 0 Å². The Balaban J connectivity index is 2.51. The summed E-state index contributed by atoms with van der Waals surface area (Å²) in [5.41, 5.74) is 0.100. The molecular weight excluding hydrogens is 208 g/mol. The first kappa shape index (κ1) is 12.4. The van der Waals surface area contributed by atoms with Crippen molar-refractivity contribution in [1.82, 2.24) is 9.78 Å². The summed E-state index contributed by atoms with van der Waals surface area (Å²) in [7, 11) is 0. The fourth-order valence-electron chi connectivity index (χ4n) is 1.00. The van der Waals surface area contributed by atoms with Gasteiger partial charge in [-0.2, -0.15) is 17.7 Å². The summed E-state index contributed by atoms with van der Waals surface area (Å²) >= 11 is 4.28. The van der Waals surface area contributed by atoms with Gasteiger partial charge in [0.2, 0.25) is 0 Å². The predicted octanol–water partition coefficient (Wildman–Crippen LogP) is 2.80. The van der Waals surface area contributed by atoms with Crippen molar-refractivity contribution < 1.29 is 4.74 Å². The third-order valence-corrected chi connectivity index (χ3v) is 3.02. The fourth-order valence-corrected chi connectivity index (χ4v) is 1.09. The monoisotopic (exact) mass is 228 g/mol. The standard InChI is InChI=1S/C11H20N2OS/c1-9(2)13-6-10(5-12-13)14-7-11(3,4)8-15/h5-6,9,15H,7-8H2,1-4H3. The number of ether oxygens (including phenoxy) is 1. The highest BCUT2D eigenvalue weighted by Gasteiger charge is 2.17. The third-order valence-electron chi connectivity index (χ3n) is 2.16. The first-order valence-electron chi connectivity index (χ1n) is 5.22. The van der Waals surface area contributed by atoms with Gasteiger partial charge in [-0.05, 0) is 19.6 Å². The highest BCUT2D eigenvalue weighted by Crippen LogP contribution is 2.20. The first-order chi connectivity index (χ1) is 6.94. The van der Waals surface area contributed by atoms with E-state index >= 15 is 0 Å². The van der Waals surface area contributed by atoms with E-state index in [0.29, 0.717) is 12.6 Å². The molecule has 0 spiro atoms. The zero-order valence-corrected chi connectivity index (χ0v) is 10.8. The molecule has 0 radical (unpaired) electrons. The molecule has 1 aromatic rings. The van der Waals surface area contributed by atoms with Gasteiger partial charge in [0.15, 0.2) is 5.75 Å². The largest absolute Gasteiger partial charge is 0.490 e. The van der Waals surface area contributed by atoms with Gasteiger partial charge in [-0.1, -0.05) is 13.8 Å². The molecule has 0 saturated carbocycles. The minimum Gasteiger partial charge on any atom is -0.490 e. The highest BCUT2D eigenvalue weighted by atomic mass is 32.1. The van der Waals surface area contributed by atoms with Gasteiger partial charge in [0.1, 0.15) is 0 Å². The third kappa shape index (κ3) is 3.78. The predicted molar refractivity (Wildman–Crippen MR) is 65.7 cm³/mol. The summed E-state index contributed by atoms with van der Waals surface area (Å²) in [4.78, 5) is 0. The van der Waals surface area contributed by atoms with Gasteiger partial charge in [-0.25, -0.2) is 0 Å².